The van der Waals surface area contributed by atoms with Crippen LogP contribution in [0.3, 0.4) is 0 Å². The van der Waals surface area contributed by atoms with Crippen LogP contribution in [-0.4, -0.2) is 49.5 Å². The quantitative estimate of drug-likeness (QED) is 0.630. The van der Waals surface area contributed by atoms with E-state index in [2.05, 4.69) is 17.6 Å². The van der Waals surface area contributed by atoms with Crippen LogP contribution in [-0.2, 0) is 16.1 Å². The zero-order valence-electron chi connectivity index (χ0n) is 18.4. The number of ether oxygens (including phenoxy) is 1. The van der Waals surface area contributed by atoms with Gasteiger partial charge in [0.15, 0.2) is 6.61 Å². The molecule has 2 N–H and O–H groups in total. The summed E-state index contributed by atoms with van der Waals surface area (Å²) >= 11 is 0. The van der Waals surface area contributed by atoms with E-state index in [1.54, 1.807) is 21.0 Å². The molecule has 6 heteroatoms. The maximum atomic E-state index is 12.1. The number of likely N-dealkylation sites (N-methyl/N-ethyl adjacent to an activating group) is 1. The summed E-state index contributed by atoms with van der Waals surface area (Å²) in [6, 6.07) is 7.66. The van der Waals surface area contributed by atoms with E-state index >= 15 is 0 Å². The van der Waals surface area contributed by atoms with Crippen molar-refractivity contribution in [3.8, 4) is 5.75 Å². The highest BCUT2D eigenvalue weighted by Crippen LogP contribution is 2.27. The molecule has 2 rings (SSSR count). The summed E-state index contributed by atoms with van der Waals surface area (Å²) in [4.78, 5) is 25.5. The summed E-state index contributed by atoms with van der Waals surface area (Å²) in [6.45, 7) is 4.52. The lowest BCUT2D eigenvalue weighted by atomic mass is 9.85. The SMILES string of the molecule is CC(CC1CCCCC1)NCc1ccccc1OCC(=O)NC(C)C(=O)N(C)C. The minimum absolute atomic E-state index is 0.111. The van der Waals surface area contributed by atoms with Gasteiger partial charge < -0.3 is 20.3 Å². The number of hydrogen-bond acceptors (Lipinski definition) is 4. The number of benzene rings is 1. The largest absolute Gasteiger partial charge is 0.483 e. The number of rotatable bonds is 10. The Bertz CT molecular complexity index is 657. The first-order chi connectivity index (χ1) is 13.9. The van der Waals surface area contributed by atoms with E-state index in [4.69, 9.17) is 4.74 Å². The first-order valence-corrected chi connectivity index (χ1v) is 10.8. The monoisotopic (exact) mass is 403 g/mol. The molecule has 1 saturated carbocycles. The molecular weight excluding hydrogens is 366 g/mol. The Balaban J connectivity index is 1.80. The molecule has 1 aliphatic rings. The van der Waals surface area contributed by atoms with Gasteiger partial charge in [-0.25, -0.2) is 0 Å². The van der Waals surface area contributed by atoms with Crippen molar-refractivity contribution in [1.82, 2.24) is 15.5 Å². The molecule has 1 aliphatic carbocycles. The lowest BCUT2D eigenvalue weighted by Gasteiger charge is -2.25. The summed E-state index contributed by atoms with van der Waals surface area (Å²) < 4.78 is 5.75. The lowest BCUT2D eigenvalue weighted by molar-refractivity contribution is -0.134. The van der Waals surface area contributed by atoms with E-state index in [1.165, 1.54) is 43.4 Å². The Morgan fingerprint density at radius 1 is 1.14 bits per heavy atom. The highest BCUT2D eigenvalue weighted by Gasteiger charge is 2.18. The standard InChI is InChI=1S/C23H37N3O3/c1-17(14-19-10-6-5-7-11-19)24-15-20-12-8-9-13-21(20)29-16-22(27)25-18(2)23(28)26(3)4/h8-9,12-13,17-19,24H,5-7,10-11,14-16H2,1-4H3,(H,25,27). The minimum atomic E-state index is -0.571. The van der Waals surface area contributed by atoms with Crippen LogP contribution in [0.1, 0.15) is 57.9 Å². The molecule has 2 amide bonds. The van der Waals surface area contributed by atoms with Crippen molar-refractivity contribution in [2.45, 2.75) is 71.0 Å². The summed E-state index contributed by atoms with van der Waals surface area (Å²) in [7, 11) is 3.33. The van der Waals surface area contributed by atoms with E-state index in [0.29, 0.717) is 18.3 Å². The van der Waals surface area contributed by atoms with Crippen LogP contribution in [0.15, 0.2) is 24.3 Å². The van der Waals surface area contributed by atoms with Gasteiger partial charge in [-0.1, -0.05) is 50.3 Å². The molecule has 2 unspecified atom stereocenters. The number of hydrogen-bond donors (Lipinski definition) is 2. The summed E-state index contributed by atoms with van der Waals surface area (Å²) in [6.07, 6.45) is 8.05. The van der Waals surface area contributed by atoms with Crippen LogP contribution in [0.25, 0.3) is 0 Å². The Morgan fingerprint density at radius 3 is 2.52 bits per heavy atom. The Kier molecular flexibility index (Phi) is 9.45. The van der Waals surface area contributed by atoms with Crippen molar-refractivity contribution in [1.29, 1.82) is 0 Å². The Labute approximate surface area is 175 Å². The number of amides is 2. The molecule has 6 nitrogen and oxygen atoms in total. The van der Waals surface area contributed by atoms with Gasteiger partial charge >= 0.3 is 0 Å². The number of nitrogens with zero attached hydrogens (tertiary/aromatic N) is 1. The third-order valence-corrected chi connectivity index (χ3v) is 5.57. The van der Waals surface area contributed by atoms with E-state index in [9.17, 15) is 9.59 Å². The molecular formula is C23H37N3O3. The van der Waals surface area contributed by atoms with Crippen molar-refractivity contribution >= 4 is 11.8 Å². The average Bonchev–Trinajstić information content (AvgIpc) is 2.71. The predicted molar refractivity (Wildman–Crippen MR) is 116 cm³/mol. The van der Waals surface area contributed by atoms with Gasteiger partial charge in [0.1, 0.15) is 11.8 Å². The predicted octanol–water partition coefficient (Wildman–Crippen LogP) is 3.11. The zero-order valence-corrected chi connectivity index (χ0v) is 18.4. The fourth-order valence-electron chi connectivity index (χ4n) is 3.96. The van der Waals surface area contributed by atoms with E-state index in [1.807, 2.05) is 24.3 Å². The third-order valence-electron chi connectivity index (χ3n) is 5.57. The van der Waals surface area contributed by atoms with E-state index in [0.717, 1.165) is 11.5 Å². The normalized spacial score (nSPS) is 16.7. The summed E-state index contributed by atoms with van der Waals surface area (Å²) in [5.74, 6) is 1.09. The lowest BCUT2D eigenvalue weighted by Crippen LogP contribution is -2.45. The molecule has 0 saturated heterocycles. The number of para-hydroxylation sites is 1. The molecule has 0 spiro atoms. The van der Waals surface area contributed by atoms with Crippen molar-refractivity contribution in [3.05, 3.63) is 29.8 Å². The van der Waals surface area contributed by atoms with Crippen molar-refractivity contribution in [2.24, 2.45) is 5.92 Å². The topological polar surface area (TPSA) is 70.7 Å². The van der Waals surface area contributed by atoms with Gasteiger partial charge in [0, 0.05) is 32.2 Å². The molecule has 2 atom stereocenters. The fourth-order valence-corrected chi connectivity index (χ4v) is 3.96. The van der Waals surface area contributed by atoms with Crippen LogP contribution in [0.2, 0.25) is 0 Å². The minimum Gasteiger partial charge on any atom is -0.483 e. The molecule has 1 fully saturated rings. The van der Waals surface area contributed by atoms with Gasteiger partial charge in [-0.2, -0.15) is 0 Å². The van der Waals surface area contributed by atoms with Gasteiger partial charge in [-0.15, -0.1) is 0 Å². The maximum Gasteiger partial charge on any atom is 0.258 e. The van der Waals surface area contributed by atoms with Gasteiger partial charge in [-0.3, -0.25) is 9.59 Å². The van der Waals surface area contributed by atoms with Crippen LogP contribution in [0, 0.1) is 5.92 Å². The summed E-state index contributed by atoms with van der Waals surface area (Å²) in [5, 5.41) is 6.28. The molecule has 162 valence electrons. The molecule has 29 heavy (non-hydrogen) atoms. The fraction of sp³-hybridized carbons (Fsp3) is 0.652. The van der Waals surface area contributed by atoms with Crippen molar-refractivity contribution in [2.75, 3.05) is 20.7 Å². The second-order valence-electron chi connectivity index (χ2n) is 8.44. The second-order valence-corrected chi connectivity index (χ2v) is 8.44. The molecule has 0 radical (unpaired) electrons. The Morgan fingerprint density at radius 2 is 1.83 bits per heavy atom. The number of nitrogens with one attached hydrogen (secondary N) is 2. The summed E-state index contributed by atoms with van der Waals surface area (Å²) in [5.41, 5.74) is 1.04. The smallest absolute Gasteiger partial charge is 0.258 e. The molecule has 1 aromatic rings. The molecule has 0 aliphatic heterocycles. The third kappa shape index (κ3) is 8.05. The number of carbonyl (C=O) groups is 2. The van der Waals surface area contributed by atoms with Gasteiger partial charge in [0.25, 0.3) is 5.91 Å². The molecule has 0 heterocycles. The van der Waals surface area contributed by atoms with Crippen LogP contribution >= 0.6 is 0 Å². The van der Waals surface area contributed by atoms with E-state index < -0.39 is 6.04 Å². The average molecular weight is 404 g/mol. The first-order valence-electron chi connectivity index (χ1n) is 10.8. The zero-order chi connectivity index (χ0) is 21.2. The maximum absolute atomic E-state index is 12.1. The molecule has 0 aromatic heterocycles. The highest BCUT2D eigenvalue weighted by atomic mass is 16.5. The van der Waals surface area contributed by atoms with E-state index in [-0.39, 0.29) is 18.4 Å². The van der Waals surface area contributed by atoms with Gasteiger partial charge in [0.2, 0.25) is 5.91 Å². The second kappa shape index (κ2) is 11.8. The molecule has 0 bridgehead atoms. The Hall–Kier alpha value is -2.08. The molecule has 1 aromatic carbocycles. The number of carbonyl (C=O) groups excluding carboxylic acids is 2. The van der Waals surface area contributed by atoms with Crippen molar-refractivity contribution in [3.63, 3.8) is 0 Å². The first kappa shape index (κ1) is 23.2. The van der Waals surface area contributed by atoms with Crippen LogP contribution in [0.5, 0.6) is 5.75 Å². The van der Waals surface area contributed by atoms with Crippen LogP contribution < -0.4 is 15.4 Å². The van der Waals surface area contributed by atoms with Gasteiger partial charge in [-0.05, 0) is 32.3 Å². The highest BCUT2D eigenvalue weighted by molar-refractivity contribution is 5.87. The van der Waals surface area contributed by atoms with Gasteiger partial charge in [0.05, 0.1) is 0 Å². The van der Waals surface area contributed by atoms with Crippen LogP contribution in [0.4, 0.5) is 0 Å². The van der Waals surface area contributed by atoms with Crippen molar-refractivity contribution < 1.29 is 14.3 Å².